The van der Waals surface area contributed by atoms with E-state index in [9.17, 15) is 0 Å². The maximum absolute atomic E-state index is 6.03. The van der Waals surface area contributed by atoms with Gasteiger partial charge in [0.05, 0.1) is 0 Å². The molecule has 0 saturated carbocycles. The number of hydrogen-bond acceptors (Lipinski definition) is 0. The molecule has 1 atom stereocenters. The molecule has 106 valence electrons. The highest BCUT2D eigenvalue weighted by Crippen LogP contribution is 2.28. The maximum atomic E-state index is 6.03. The third kappa shape index (κ3) is 4.64. The van der Waals surface area contributed by atoms with Crippen LogP contribution in [-0.2, 0) is 12.8 Å². The predicted octanol–water partition coefficient (Wildman–Crippen LogP) is 6.22. The molecule has 0 aliphatic heterocycles. The Balaban J connectivity index is 2.03. The van der Waals surface area contributed by atoms with Crippen molar-refractivity contribution in [3.63, 3.8) is 0 Å². The van der Waals surface area contributed by atoms with Gasteiger partial charge in [-0.3, -0.25) is 0 Å². The van der Waals surface area contributed by atoms with Crippen molar-refractivity contribution in [3.05, 3.63) is 70.2 Å². The van der Waals surface area contributed by atoms with Gasteiger partial charge in [0.2, 0.25) is 0 Å². The van der Waals surface area contributed by atoms with Gasteiger partial charge in [0, 0.05) is 9.85 Å². The summed E-state index contributed by atoms with van der Waals surface area (Å²) in [5, 5.41) is 0.800. The van der Waals surface area contributed by atoms with Gasteiger partial charge in [-0.25, -0.2) is 0 Å². The fraction of sp³-hybridized carbons (Fsp3) is 0.333. The Morgan fingerprint density at radius 1 is 0.950 bits per heavy atom. The lowest BCUT2D eigenvalue weighted by Crippen LogP contribution is -1.97. The number of rotatable bonds is 5. The normalized spacial score (nSPS) is 12.7. The van der Waals surface area contributed by atoms with Gasteiger partial charge in [0.25, 0.3) is 0 Å². The van der Waals surface area contributed by atoms with Gasteiger partial charge in [-0.05, 0) is 47.6 Å². The molecular formula is C18H20BrCl. The van der Waals surface area contributed by atoms with Crippen LogP contribution in [0.4, 0.5) is 0 Å². The predicted molar refractivity (Wildman–Crippen MR) is 91.8 cm³/mol. The van der Waals surface area contributed by atoms with Crippen molar-refractivity contribution in [2.75, 3.05) is 0 Å². The molecule has 0 bridgehead atoms. The number of alkyl halides is 1. The van der Waals surface area contributed by atoms with Crippen LogP contribution in [0.2, 0.25) is 5.02 Å². The van der Waals surface area contributed by atoms with Crippen LogP contribution in [0.1, 0.15) is 35.4 Å². The van der Waals surface area contributed by atoms with Crippen LogP contribution in [0.15, 0.2) is 48.5 Å². The van der Waals surface area contributed by atoms with Crippen molar-refractivity contribution in [3.8, 4) is 0 Å². The average molecular weight is 352 g/mol. The Hall–Kier alpha value is -0.790. The topological polar surface area (TPSA) is 0 Å². The van der Waals surface area contributed by atoms with Crippen LogP contribution in [0.25, 0.3) is 0 Å². The van der Waals surface area contributed by atoms with E-state index in [1.807, 2.05) is 18.2 Å². The molecule has 0 aliphatic rings. The third-order valence-corrected chi connectivity index (χ3v) is 4.38. The Bertz CT molecular complexity index is 546. The average Bonchev–Trinajstić information content (AvgIpc) is 2.38. The molecule has 2 heteroatoms. The van der Waals surface area contributed by atoms with E-state index in [1.165, 1.54) is 16.7 Å². The molecule has 1 unspecified atom stereocenters. The van der Waals surface area contributed by atoms with Gasteiger partial charge in [0.1, 0.15) is 0 Å². The Morgan fingerprint density at radius 2 is 1.65 bits per heavy atom. The van der Waals surface area contributed by atoms with E-state index in [1.54, 1.807) is 0 Å². The molecule has 0 saturated heterocycles. The molecule has 0 aliphatic carbocycles. The van der Waals surface area contributed by atoms with Crippen LogP contribution in [0.5, 0.6) is 0 Å². The zero-order valence-corrected chi connectivity index (χ0v) is 14.3. The SMILES string of the molecule is CC(C)Cc1ccc(C(Br)Cc2cccc(Cl)c2)cc1. The first-order valence-electron chi connectivity index (χ1n) is 7.02. The van der Waals surface area contributed by atoms with Crippen LogP contribution in [-0.4, -0.2) is 0 Å². The van der Waals surface area contributed by atoms with Gasteiger partial charge < -0.3 is 0 Å². The molecule has 20 heavy (non-hydrogen) atoms. The summed E-state index contributed by atoms with van der Waals surface area (Å²) in [7, 11) is 0. The summed E-state index contributed by atoms with van der Waals surface area (Å²) >= 11 is 9.81. The fourth-order valence-corrected chi connectivity index (χ4v) is 3.21. The van der Waals surface area contributed by atoms with Crippen molar-refractivity contribution in [1.82, 2.24) is 0 Å². The van der Waals surface area contributed by atoms with Crippen molar-refractivity contribution in [2.24, 2.45) is 5.92 Å². The highest BCUT2D eigenvalue weighted by atomic mass is 79.9. The highest BCUT2D eigenvalue weighted by Gasteiger charge is 2.09. The first-order valence-corrected chi connectivity index (χ1v) is 8.31. The summed E-state index contributed by atoms with van der Waals surface area (Å²) in [6.45, 7) is 4.50. The monoisotopic (exact) mass is 350 g/mol. The van der Waals surface area contributed by atoms with Gasteiger partial charge in [-0.2, -0.15) is 0 Å². The van der Waals surface area contributed by atoms with Crippen LogP contribution >= 0.6 is 27.5 Å². The lowest BCUT2D eigenvalue weighted by molar-refractivity contribution is 0.647. The van der Waals surface area contributed by atoms with E-state index < -0.39 is 0 Å². The molecule has 0 amide bonds. The summed E-state index contributed by atoms with van der Waals surface area (Å²) < 4.78 is 0. The summed E-state index contributed by atoms with van der Waals surface area (Å²) in [6.07, 6.45) is 2.09. The minimum absolute atomic E-state index is 0.328. The van der Waals surface area contributed by atoms with E-state index in [4.69, 9.17) is 11.6 Å². The Labute approximate surface area is 135 Å². The molecule has 0 aromatic heterocycles. The summed E-state index contributed by atoms with van der Waals surface area (Å²) in [5.41, 5.74) is 3.98. The van der Waals surface area contributed by atoms with Crippen LogP contribution < -0.4 is 0 Å². The number of halogens is 2. The van der Waals surface area contributed by atoms with Crippen molar-refractivity contribution in [1.29, 1.82) is 0 Å². The molecule has 2 aromatic carbocycles. The number of hydrogen-bond donors (Lipinski definition) is 0. The lowest BCUT2D eigenvalue weighted by atomic mass is 9.99. The van der Waals surface area contributed by atoms with Crippen LogP contribution in [0.3, 0.4) is 0 Å². The summed E-state index contributed by atoms with van der Waals surface area (Å²) in [6, 6.07) is 17.0. The van der Waals surface area contributed by atoms with Gasteiger partial charge >= 0.3 is 0 Å². The molecular weight excluding hydrogens is 332 g/mol. The van der Waals surface area contributed by atoms with Crippen molar-refractivity contribution < 1.29 is 0 Å². The molecule has 2 aromatic rings. The zero-order valence-electron chi connectivity index (χ0n) is 11.9. The second-order valence-corrected chi connectivity index (χ2v) is 7.18. The van der Waals surface area contributed by atoms with E-state index in [0.717, 1.165) is 17.9 Å². The minimum Gasteiger partial charge on any atom is -0.0843 e. The van der Waals surface area contributed by atoms with Crippen LogP contribution in [0, 0.1) is 5.92 Å². The molecule has 0 heterocycles. The van der Waals surface area contributed by atoms with E-state index >= 15 is 0 Å². The second kappa shape index (κ2) is 7.28. The molecule has 0 radical (unpaired) electrons. The molecule has 0 fully saturated rings. The molecule has 0 spiro atoms. The smallest absolute Gasteiger partial charge is 0.0435 e. The molecule has 0 N–H and O–H groups in total. The lowest BCUT2D eigenvalue weighted by Gasteiger charge is -2.12. The standard InChI is InChI=1S/C18H20BrCl/c1-13(2)10-14-6-8-16(9-7-14)18(19)12-15-4-3-5-17(20)11-15/h3-9,11,13,18H,10,12H2,1-2H3. The first kappa shape index (κ1) is 15.6. The second-order valence-electron chi connectivity index (χ2n) is 5.64. The van der Waals surface area contributed by atoms with E-state index in [-0.39, 0.29) is 0 Å². The van der Waals surface area contributed by atoms with Crippen molar-refractivity contribution >= 4 is 27.5 Å². The summed E-state index contributed by atoms with van der Waals surface area (Å²) in [4.78, 5) is 0.328. The third-order valence-electron chi connectivity index (χ3n) is 3.29. The van der Waals surface area contributed by atoms with Gasteiger partial charge in [0.15, 0.2) is 0 Å². The van der Waals surface area contributed by atoms with Crippen molar-refractivity contribution in [2.45, 2.75) is 31.5 Å². The van der Waals surface area contributed by atoms with E-state index in [2.05, 4.69) is 60.1 Å². The Morgan fingerprint density at radius 3 is 2.25 bits per heavy atom. The Kier molecular flexibility index (Phi) is 5.68. The summed E-state index contributed by atoms with van der Waals surface area (Å²) in [5.74, 6) is 0.701. The minimum atomic E-state index is 0.328. The number of benzene rings is 2. The first-order chi connectivity index (χ1) is 9.54. The molecule has 2 rings (SSSR count). The fourth-order valence-electron chi connectivity index (χ4n) is 2.32. The van der Waals surface area contributed by atoms with Gasteiger partial charge in [-0.1, -0.05) is 77.8 Å². The molecule has 0 nitrogen and oxygen atoms in total. The quantitative estimate of drug-likeness (QED) is 0.561. The van der Waals surface area contributed by atoms with Gasteiger partial charge in [-0.15, -0.1) is 0 Å². The highest BCUT2D eigenvalue weighted by molar-refractivity contribution is 9.09. The zero-order chi connectivity index (χ0) is 14.5. The van der Waals surface area contributed by atoms with E-state index in [0.29, 0.717) is 10.7 Å². The largest absolute Gasteiger partial charge is 0.0843 e. The maximum Gasteiger partial charge on any atom is 0.0435 e.